The maximum Gasteiger partial charge on any atom is 0.227 e. The summed E-state index contributed by atoms with van der Waals surface area (Å²) in [6, 6.07) is 8.19. The highest BCUT2D eigenvalue weighted by atomic mass is 16.1. The van der Waals surface area contributed by atoms with E-state index in [1.807, 2.05) is 19.1 Å². The molecule has 0 heterocycles. The summed E-state index contributed by atoms with van der Waals surface area (Å²) in [7, 11) is 0. The van der Waals surface area contributed by atoms with Gasteiger partial charge in [-0.1, -0.05) is 74.4 Å². The molecule has 1 aromatic rings. The fourth-order valence-electron chi connectivity index (χ4n) is 2.48. The number of anilines is 1. The fourth-order valence-corrected chi connectivity index (χ4v) is 2.48. The van der Waals surface area contributed by atoms with Crippen molar-refractivity contribution >= 4 is 11.6 Å². The third-order valence-electron chi connectivity index (χ3n) is 5.31. The molecule has 2 heteroatoms. The van der Waals surface area contributed by atoms with Crippen LogP contribution in [0.5, 0.6) is 0 Å². The summed E-state index contributed by atoms with van der Waals surface area (Å²) < 4.78 is 0. The van der Waals surface area contributed by atoms with Gasteiger partial charge in [0.25, 0.3) is 0 Å². The van der Waals surface area contributed by atoms with Gasteiger partial charge in [-0.15, -0.1) is 0 Å². The molecule has 1 atom stereocenters. The number of nitrogens with one attached hydrogen (secondary N) is 1. The molecule has 0 bridgehead atoms. The van der Waals surface area contributed by atoms with Crippen molar-refractivity contribution in [2.45, 2.75) is 74.1 Å². The molecule has 0 saturated carbocycles. The molecule has 2 nitrogen and oxygen atoms in total. The monoisotopic (exact) mass is 317 g/mol. The zero-order valence-corrected chi connectivity index (χ0v) is 16.5. The first-order valence-corrected chi connectivity index (χ1v) is 8.65. The van der Waals surface area contributed by atoms with Gasteiger partial charge in [0.15, 0.2) is 0 Å². The third kappa shape index (κ3) is 5.37. The van der Waals surface area contributed by atoms with E-state index < -0.39 is 0 Å². The molecule has 1 aromatic carbocycles. The van der Waals surface area contributed by atoms with Crippen molar-refractivity contribution < 1.29 is 4.79 Å². The molecule has 0 aliphatic carbocycles. The van der Waals surface area contributed by atoms with Crippen LogP contribution < -0.4 is 5.32 Å². The second-order valence-corrected chi connectivity index (χ2v) is 9.56. The maximum absolute atomic E-state index is 12.5. The summed E-state index contributed by atoms with van der Waals surface area (Å²) in [6.45, 7) is 19.8. The fraction of sp³-hybridized carbons (Fsp3) is 0.667. The van der Waals surface area contributed by atoms with E-state index in [1.54, 1.807) is 0 Å². The van der Waals surface area contributed by atoms with Crippen LogP contribution in [-0.2, 0) is 10.2 Å². The summed E-state index contributed by atoms with van der Waals surface area (Å²) in [4.78, 5) is 12.5. The van der Waals surface area contributed by atoms with Crippen LogP contribution >= 0.6 is 0 Å². The molecule has 1 unspecified atom stereocenters. The highest BCUT2D eigenvalue weighted by molar-refractivity contribution is 5.92. The smallest absolute Gasteiger partial charge is 0.227 e. The van der Waals surface area contributed by atoms with Gasteiger partial charge >= 0.3 is 0 Å². The lowest BCUT2D eigenvalue weighted by atomic mass is 9.65. The normalized spacial score (nSPS) is 14.5. The molecule has 130 valence electrons. The molecule has 0 aliphatic heterocycles. The van der Waals surface area contributed by atoms with E-state index in [0.717, 1.165) is 12.1 Å². The minimum absolute atomic E-state index is 0.00785. The van der Waals surface area contributed by atoms with Gasteiger partial charge < -0.3 is 5.32 Å². The molecule has 0 saturated heterocycles. The number of hydrogen-bond acceptors (Lipinski definition) is 1. The van der Waals surface area contributed by atoms with E-state index >= 15 is 0 Å². The van der Waals surface area contributed by atoms with Gasteiger partial charge in [0.1, 0.15) is 0 Å². The van der Waals surface area contributed by atoms with E-state index in [9.17, 15) is 4.79 Å². The van der Waals surface area contributed by atoms with E-state index in [0.29, 0.717) is 0 Å². The highest BCUT2D eigenvalue weighted by Gasteiger charge is 2.35. The summed E-state index contributed by atoms with van der Waals surface area (Å²) >= 11 is 0. The molecule has 0 radical (unpaired) electrons. The van der Waals surface area contributed by atoms with Crippen molar-refractivity contribution in [3.8, 4) is 0 Å². The Kier molecular flexibility index (Phi) is 5.72. The second kappa shape index (κ2) is 6.67. The van der Waals surface area contributed by atoms with Crippen molar-refractivity contribution in [1.29, 1.82) is 0 Å². The summed E-state index contributed by atoms with van der Waals surface area (Å²) in [5.41, 5.74) is 2.57. The Bertz CT molecular complexity index is 526. The molecule has 1 amide bonds. The van der Waals surface area contributed by atoms with Crippen molar-refractivity contribution in [1.82, 2.24) is 0 Å². The molecular weight excluding hydrogens is 282 g/mol. The van der Waals surface area contributed by atoms with Crippen LogP contribution in [0.2, 0.25) is 0 Å². The standard InChI is InChI=1S/C21H35NO/c1-15(14-21(8,9)20(5,6)7)18(23)22-17-12-10-16(11-13-17)19(2,3)4/h10-13,15H,14H2,1-9H3,(H,22,23). The lowest BCUT2D eigenvalue weighted by Crippen LogP contribution is -2.34. The van der Waals surface area contributed by atoms with Crippen molar-refractivity contribution in [3.05, 3.63) is 29.8 Å². The molecule has 23 heavy (non-hydrogen) atoms. The van der Waals surface area contributed by atoms with Crippen LogP contribution in [0, 0.1) is 16.7 Å². The molecule has 1 rings (SSSR count). The summed E-state index contributed by atoms with van der Waals surface area (Å²) in [6.07, 6.45) is 0.877. The maximum atomic E-state index is 12.5. The lowest BCUT2D eigenvalue weighted by Gasteiger charge is -2.40. The van der Waals surface area contributed by atoms with Gasteiger partial charge in [-0.2, -0.15) is 0 Å². The number of rotatable bonds is 4. The van der Waals surface area contributed by atoms with Gasteiger partial charge in [0.05, 0.1) is 0 Å². The van der Waals surface area contributed by atoms with E-state index in [4.69, 9.17) is 0 Å². The quantitative estimate of drug-likeness (QED) is 0.722. The molecule has 0 spiro atoms. The summed E-state index contributed by atoms with van der Waals surface area (Å²) in [5.74, 6) is 0.0948. The van der Waals surface area contributed by atoms with Crippen molar-refractivity contribution in [3.63, 3.8) is 0 Å². The zero-order chi connectivity index (χ0) is 18.1. The van der Waals surface area contributed by atoms with Gasteiger partial charge in [-0.25, -0.2) is 0 Å². The molecule has 0 fully saturated rings. The average molecular weight is 318 g/mol. The lowest BCUT2D eigenvalue weighted by molar-refractivity contribution is -0.120. The van der Waals surface area contributed by atoms with Crippen LogP contribution in [0.3, 0.4) is 0 Å². The van der Waals surface area contributed by atoms with E-state index in [2.05, 4.69) is 72.8 Å². The van der Waals surface area contributed by atoms with Crippen LogP contribution in [-0.4, -0.2) is 5.91 Å². The predicted molar refractivity (Wildman–Crippen MR) is 101 cm³/mol. The number of carbonyl (C=O) groups excluding carboxylic acids is 1. The number of amides is 1. The van der Waals surface area contributed by atoms with E-state index in [1.165, 1.54) is 5.56 Å². The Hall–Kier alpha value is -1.31. The predicted octanol–water partition coefficient (Wildman–Crippen LogP) is 6.02. The zero-order valence-electron chi connectivity index (χ0n) is 16.5. The number of carbonyl (C=O) groups is 1. The van der Waals surface area contributed by atoms with Crippen LogP contribution in [0.25, 0.3) is 0 Å². The highest BCUT2D eigenvalue weighted by Crippen LogP contribution is 2.42. The van der Waals surface area contributed by atoms with Crippen molar-refractivity contribution in [2.24, 2.45) is 16.7 Å². The first-order valence-electron chi connectivity index (χ1n) is 8.65. The van der Waals surface area contributed by atoms with Crippen LogP contribution in [0.15, 0.2) is 24.3 Å². The minimum Gasteiger partial charge on any atom is -0.326 e. The Morgan fingerprint density at radius 3 is 1.83 bits per heavy atom. The summed E-state index contributed by atoms with van der Waals surface area (Å²) in [5, 5.41) is 3.06. The van der Waals surface area contributed by atoms with Crippen molar-refractivity contribution in [2.75, 3.05) is 5.32 Å². The van der Waals surface area contributed by atoms with Crippen LogP contribution in [0.4, 0.5) is 5.69 Å². The Balaban J connectivity index is 2.73. The largest absolute Gasteiger partial charge is 0.326 e. The van der Waals surface area contributed by atoms with Gasteiger partial charge in [0, 0.05) is 11.6 Å². The molecule has 0 aromatic heterocycles. The van der Waals surface area contributed by atoms with Crippen LogP contribution in [0.1, 0.15) is 74.3 Å². The Labute approximate surface area is 143 Å². The average Bonchev–Trinajstić information content (AvgIpc) is 2.36. The SMILES string of the molecule is CC(CC(C)(C)C(C)(C)C)C(=O)Nc1ccc(C(C)(C)C)cc1. The Morgan fingerprint density at radius 1 is 0.957 bits per heavy atom. The van der Waals surface area contributed by atoms with Gasteiger partial charge in [0.2, 0.25) is 5.91 Å². The topological polar surface area (TPSA) is 29.1 Å². The minimum atomic E-state index is -0.00785. The number of benzene rings is 1. The Morgan fingerprint density at radius 2 is 1.43 bits per heavy atom. The number of hydrogen-bond donors (Lipinski definition) is 1. The molecule has 1 N–H and O–H groups in total. The van der Waals surface area contributed by atoms with E-state index in [-0.39, 0.29) is 28.1 Å². The first-order chi connectivity index (χ1) is 10.2. The van der Waals surface area contributed by atoms with Gasteiger partial charge in [-0.05, 0) is 40.4 Å². The second-order valence-electron chi connectivity index (χ2n) is 9.56. The first kappa shape index (κ1) is 19.7. The van der Waals surface area contributed by atoms with Gasteiger partial charge in [-0.3, -0.25) is 4.79 Å². The molecule has 0 aliphatic rings. The third-order valence-corrected chi connectivity index (χ3v) is 5.31. The molecular formula is C21H35NO.